The molecular formula is C16H18N2O4S2. The van der Waals surface area contributed by atoms with Gasteiger partial charge in [-0.1, -0.05) is 30.0 Å². The molecule has 0 fully saturated rings. The van der Waals surface area contributed by atoms with Crippen LogP contribution in [0.3, 0.4) is 0 Å². The lowest BCUT2D eigenvalue weighted by atomic mass is 10.1. The summed E-state index contributed by atoms with van der Waals surface area (Å²) >= 11 is 1.22. The molecule has 2 aromatic rings. The molecule has 0 atom stereocenters. The van der Waals surface area contributed by atoms with Crippen molar-refractivity contribution in [2.75, 3.05) is 0 Å². The third-order valence-corrected chi connectivity index (χ3v) is 5.68. The van der Waals surface area contributed by atoms with Crippen molar-refractivity contribution in [2.45, 2.75) is 41.0 Å². The number of hydrogen-bond donors (Lipinski definition) is 1. The summed E-state index contributed by atoms with van der Waals surface area (Å²) in [6, 6.07) is 13.1. The van der Waals surface area contributed by atoms with Gasteiger partial charge in [-0.2, -0.15) is 0 Å². The van der Waals surface area contributed by atoms with Crippen molar-refractivity contribution in [1.29, 1.82) is 0 Å². The van der Waals surface area contributed by atoms with E-state index in [-0.39, 0.29) is 10.6 Å². The number of nitro benzene ring substituents is 1. The first-order valence-electron chi connectivity index (χ1n) is 7.14. The number of nitrogens with one attached hydrogen (secondary N) is 1. The van der Waals surface area contributed by atoms with Gasteiger partial charge in [-0.25, -0.2) is 13.1 Å². The Morgan fingerprint density at radius 2 is 1.71 bits per heavy atom. The van der Waals surface area contributed by atoms with Crippen LogP contribution in [-0.4, -0.2) is 18.9 Å². The molecule has 24 heavy (non-hydrogen) atoms. The van der Waals surface area contributed by atoms with E-state index in [1.54, 1.807) is 20.8 Å². The number of hydrogen-bond acceptors (Lipinski definition) is 5. The predicted octanol–water partition coefficient (Wildman–Crippen LogP) is 3.82. The van der Waals surface area contributed by atoms with Crippen LogP contribution >= 0.6 is 11.8 Å². The molecule has 0 aromatic heterocycles. The number of sulfonamides is 1. The summed E-state index contributed by atoms with van der Waals surface area (Å²) in [4.78, 5) is 11.9. The van der Waals surface area contributed by atoms with E-state index in [1.165, 1.54) is 23.9 Å². The van der Waals surface area contributed by atoms with Crippen LogP contribution in [-0.2, 0) is 10.0 Å². The fourth-order valence-electron chi connectivity index (χ4n) is 1.97. The predicted molar refractivity (Wildman–Crippen MR) is 93.7 cm³/mol. The molecule has 0 heterocycles. The minimum absolute atomic E-state index is 0.124. The molecule has 2 aromatic carbocycles. The van der Waals surface area contributed by atoms with Crippen molar-refractivity contribution in [2.24, 2.45) is 0 Å². The van der Waals surface area contributed by atoms with E-state index < -0.39 is 20.5 Å². The van der Waals surface area contributed by atoms with Gasteiger partial charge >= 0.3 is 0 Å². The molecule has 0 unspecified atom stereocenters. The van der Waals surface area contributed by atoms with Crippen molar-refractivity contribution in [3.63, 3.8) is 0 Å². The molecule has 0 bridgehead atoms. The third kappa shape index (κ3) is 4.80. The lowest BCUT2D eigenvalue weighted by Crippen LogP contribution is -2.40. The second-order valence-electron chi connectivity index (χ2n) is 6.16. The maximum atomic E-state index is 12.4. The van der Waals surface area contributed by atoms with Gasteiger partial charge < -0.3 is 0 Å². The Bertz CT molecular complexity index is 844. The van der Waals surface area contributed by atoms with E-state index in [2.05, 4.69) is 4.72 Å². The average Bonchev–Trinajstić information content (AvgIpc) is 2.45. The van der Waals surface area contributed by atoms with E-state index in [1.807, 2.05) is 30.3 Å². The molecule has 0 radical (unpaired) electrons. The van der Waals surface area contributed by atoms with Crippen LogP contribution in [0.1, 0.15) is 20.8 Å². The zero-order valence-corrected chi connectivity index (χ0v) is 15.1. The smallest absolute Gasteiger partial charge is 0.258 e. The summed E-state index contributed by atoms with van der Waals surface area (Å²) < 4.78 is 27.2. The van der Waals surface area contributed by atoms with Crippen molar-refractivity contribution < 1.29 is 13.3 Å². The normalized spacial score (nSPS) is 12.1. The van der Waals surface area contributed by atoms with Crippen LogP contribution < -0.4 is 4.72 Å². The molecule has 2 rings (SSSR count). The van der Waals surface area contributed by atoms with E-state index >= 15 is 0 Å². The van der Waals surface area contributed by atoms with Gasteiger partial charge in [0.1, 0.15) is 0 Å². The largest absolute Gasteiger partial charge is 0.284 e. The summed E-state index contributed by atoms with van der Waals surface area (Å²) in [5, 5.41) is 11.4. The van der Waals surface area contributed by atoms with Crippen molar-refractivity contribution >= 4 is 27.5 Å². The van der Waals surface area contributed by atoms with Crippen LogP contribution in [0.15, 0.2) is 63.2 Å². The average molecular weight is 366 g/mol. The highest BCUT2D eigenvalue weighted by atomic mass is 32.2. The molecule has 0 spiro atoms. The van der Waals surface area contributed by atoms with Crippen LogP contribution in [0.2, 0.25) is 0 Å². The van der Waals surface area contributed by atoms with Gasteiger partial charge in [0.05, 0.1) is 14.7 Å². The van der Waals surface area contributed by atoms with Crippen LogP contribution in [0.4, 0.5) is 5.69 Å². The summed E-state index contributed by atoms with van der Waals surface area (Å²) in [5.41, 5.74) is -0.911. The van der Waals surface area contributed by atoms with Crippen LogP contribution in [0.5, 0.6) is 0 Å². The highest BCUT2D eigenvalue weighted by molar-refractivity contribution is 7.99. The summed E-state index contributed by atoms with van der Waals surface area (Å²) in [6.07, 6.45) is 0. The first kappa shape index (κ1) is 18.4. The minimum Gasteiger partial charge on any atom is -0.258 e. The van der Waals surface area contributed by atoms with E-state index in [4.69, 9.17) is 0 Å². The summed E-state index contributed by atoms with van der Waals surface area (Å²) in [5.74, 6) is 0. The lowest BCUT2D eigenvalue weighted by Gasteiger charge is -2.20. The molecule has 0 aliphatic heterocycles. The molecule has 8 heteroatoms. The third-order valence-electron chi connectivity index (χ3n) is 2.85. The van der Waals surface area contributed by atoms with Crippen molar-refractivity contribution in [1.82, 2.24) is 4.72 Å². The van der Waals surface area contributed by atoms with E-state index in [0.717, 1.165) is 11.0 Å². The number of nitrogens with zero attached hydrogens (tertiary/aromatic N) is 1. The van der Waals surface area contributed by atoms with Gasteiger partial charge in [-0.15, -0.1) is 0 Å². The Kier molecular flexibility index (Phi) is 5.32. The van der Waals surface area contributed by atoms with Crippen LogP contribution in [0.25, 0.3) is 0 Å². The first-order valence-corrected chi connectivity index (χ1v) is 9.44. The van der Waals surface area contributed by atoms with Gasteiger partial charge in [0, 0.05) is 16.5 Å². The Morgan fingerprint density at radius 3 is 2.25 bits per heavy atom. The van der Waals surface area contributed by atoms with E-state index in [0.29, 0.717) is 4.90 Å². The van der Waals surface area contributed by atoms with E-state index in [9.17, 15) is 18.5 Å². The fraction of sp³-hybridized carbons (Fsp3) is 0.250. The van der Waals surface area contributed by atoms with Gasteiger partial charge in [0.2, 0.25) is 10.0 Å². The number of benzene rings is 2. The molecule has 0 aliphatic carbocycles. The molecule has 0 aliphatic rings. The Morgan fingerprint density at radius 1 is 1.08 bits per heavy atom. The lowest BCUT2D eigenvalue weighted by molar-refractivity contribution is -0.388. The quantitative estimate of drug-likeness (QED) is 0.642. The first-order chi connectivity index (χ1) is 11.1. The zero-order chi connectivity index (χ0) is 18.0. The van der Waals surface area contributed by atoms with Crippen molar-refractivity contribution in [3.05, 3.63) is 58.6 Å². The monoisotopic (exact) mass is 366 g/mol. The van der Waals surface area contributed by atoms with Gasteiger partial charge in [0.25, 0.3) is 5.69 Å². The summed E-state index contributed by atoms with van der Waals surface area (Å²) in [6.45, 7) is 5.12. The summed E-state index contributed by atoms with van der Waals surface area (Å²) in [7, 11) is -3.83. The molecule has 0 amide bonds. The van der Waals surface area contributed by atoms with Gasteiger partial charge in [-0.3, -0.25) is 10.1 Å². The Hall–Kier alpha value is -1.90. The molecule has 1 N–H and O–H groups in total. The second kappa shape index (κ2) is 6.92. The highest BCUT2D eigenvalue weighted by Gasteiger charge is 2.25. The van der Waals surface area contributed by atoms with Gasteiger partial charge in [-0.05, 0) is 45.0 Å². The molecule has 0 saturated carbocycles. The standard InChI is InChI=1S/C16H18N2O4S2/c1-16(2,3)17-24(21,22)13-9-10-15(14(11-13)18(19)20)23-12-7-5-4-6-8-12/h4-11,17H,1-3H3. The molecule has 128 valence electrons. The molecule has 0 saturated heterocycles. The number of rotatable bonds is 5. The van der Waals surface area contributed by atoms with Crippen LogP contribution in [0, 0.1) is 10.1 Å². The Balaban J connectivity index is 2.42. The SMILES string of the molecule is CC(C)(C)NS(=O)(=O)c1ccc(Sc2ccccc2)c([N+](=O)[O-])c1. The highest BCUT2D eigenvalue weighted by Crippen LogP contribution is 2.36. The molecular weight excluding hydrogens is 348 g/mol. The van der Waals surface area contributed by atoms with Crippen molar-refractivity contribution in [3.8, 4) is 0 Å². The fourth-order valence-corrected chi connectivity index (χ4v) is 4.33. The second-order valence-corrected chi connectivity index (χ2v) is 8.96. The molecule has 6 nitrogen and oxygen atoms in total. The zero-order valence-electron chi connectivity index (χ0n) is 13.5. The maximum absolute atomic E-state index is 12.4. The van der Waals surface area contributed by atoms with Gasteiger partial charge in [0.15, 0.2) is 0 Å². The topological polar surface area (TPSA) is 89.3 Å². The Labute approximate surface area is 145 Å². The number of nitro groups is 1. The maximum Gasteiger partial charge on any atom is 0.284 e. The minimum atomic E-state index is -3.83.